The largest absolute Gasteiger partial charge is 0.315 e. The maximum absolute atomic E-state index is 13.3. The Morgan fingerprint density at radius 1 is 1.06 bits per heavy atom. The molecule has 2 aliphatic rings. The highest BCUT2D eigenvalue weighted by molar-refractivity contribution is 7.85. The maximum atomic E-state index is 13.3. The van der Waals surface area contributed by atoms with E-state index in [9.17, 15) is 13.2 Å². The van der Waals surface area contributed by atoms with Gasteiger partial charge in [0.15, 0.2) is 0 Å². The number of nitrogens with zero attached hydrogens (tertiary/aromatic N) is 3. The normalized spacial score (nSPS) is 20.2. The van der Waals surface area contributed by atoms with Gasteiger partial charge in [-0.25, -0.2) is 0 Å². The molecule has 0 unspecified atom stereocenters. The van der Waals surface area contributed by atoms with Crippen molar-refractivity contribution in [2.75, 3.05) is 24.4 Å². The highest BCUT2D eigenvalue weighted by atomic mass is 35.5. The summed E-state index contributed by atoms with van der Waals surface area (Å²) in [5, 5.41) is 7.71. The second kappa shape index (κ2) is 10.0. The lowest BCUT2D eigenvalue weighted by atomic mass is 10.0. The van der Waals surface area contributed by atoms with Gasteiger partial charge in [-0.2, -0.15) is 18.9 Å². The zero-order chi connectivity index (χ0) is 24.5. The monoisotopic (exact) mass is 545 g/mol. The average Bonchev–Trinajstić information content (AvgIpc) is 3.19. The molecule has 4 rings (SSSR count). The van der Waals surface area contributed by atoms with E-state index in [2.05, 4.69) is 10.5 Å². The Balaban J connectivity index is 1.66. The number of carbonyl (C=O) groups is 1. The first kappa shape index (κ1) is 25.2. The van der Waals surface area contributed by atoms with Gasteiger partial charge in [-0.3, -0.25) is 9.80 Å². The molecule has 12 heteroatoms. The van der Waals surface area contributed by atoms with Crippen LogP contribution in [0.3, 0.4) is 0 Å². The molecule has 0 radical (unpaired) electrons. The number of piperidine rings is 1. The van der Waals surface area contributed by atoms with Gasteiger partial charge in [0.1, 0.15) is 18.8 Å². The molecule has 34 heavy (non-hydrogen) atoms. The number of halogens is 3. The van der Waals surface area contributed by atoms with Crippen molar-refractivity contribution >= 4 is 62.2 Å². The number of amides is 1. The van der Waals surface area contributed by atoms with Gasteiger partial charge in [-0.15, -0.1) is 0 Å². The fraction of sp³-hybridized carbons (Fsp3) is 0.364. The topological polar surface area (TPSA) is 88.1 Å². The molecule has 2 aromatic carbocycles. The van der Waals surface area contributed by atoms with Gasteiger partial charge < -0.3 is 0 Å². The van der Waals surface area contributed by atoms with Crippen molar-refractivity contribution in [1.29, 1.82) is 0 Å². The number of hydroxylamine groups is 2. The van der Waals surface area contributed by atoms with Gasteiger partial charge in [0.2, 0.25) is 0 Å². The van der Waals surface area contributed by atoms with E-state index >= 15 is 0 Å². The van der Waals surface area contributed by atoms with Crippen LogP contribution >= 0.6 is 34.8 Å². The molecule has 2 aromatic rings. The molecule has 1 atom stereocenters. The number of hydrogen-bond acceptors (Lipinski definition) is 6. The van der Waals surface area contributed by atoms with E-state index in [1.54, 1.807) is 35.3 Å². The second-order valence-corrected chi connectivity index (χ2v) is 11.2. The molecule has 2 heterocycles. The SMILES string of the molecule is CS(=O)(=O)O[N+]1(NC(=O)C2=NN(c3ccc(Cl)cc3Cl)[C@@H](c3ccc(Cl)cc3)C2)CCCCC1. The minimum Gasteiger partial charge on any atom is -0.263 e. The second-order valence-electron chi connectivity index (χ2n) is 8.38. The van der Waals surface area contributed by atoms with Crippen LogP contribution in [0.4, 0.5) is 5.69 Å². The summed E-state index contributed by atoms with van der Waals surface area (Å²) in [6.07, 6.45) is 3.63. The van der Waals surface area contributed by atoms with Gasteiger partial charge >= 0.3 is 16.0 Å². The highest BCUT2D eigenvalue weighted by Crippen LogP contribution is 2.40. The molecular weight excluding hydrogens is 523 g/mol. The lowest BCUT2D eigenvalue weighted by Gasteiger charge is -2.35. The zero-order valence-electron chi connectivity index (χ0n) is 18.4. The van der Waals surface area contributed by atoms with E-state index in [-0.39, 0.29) is 18.2 Å². The number of anilines is 1. The van der Waals surface area contributed by atoms with Crippen molar-refractivity contribution in [3.05, 3.63) is 63.1 Å². The van der Waals surface area contributed by atoms with Crippen molar-refractivity contribution in [2.24, 2.45) is 5.10 Å². The fourth-order valence-corrected chi connectivity index (χ4v) is 5.54. The lowest BCUT2D eigenvalue weighted by Crippen LogP contribution is -2.63. The number of rotatable bonds is 6. The summed E-state index contributed by atoms with van der Waals surface area (Å²) in [5.74, 6) is -0.503. The Labute approximate surface area is 213 Å². The summed E-state index contributed by atoms with van der Waals surface area (Å²) >= 11 is 18.6. The predicted octanol–water partition coefficient (Wildman–Crippen LogP) is 4.88. The molecule has 182 valence electrons. The van der Waals surface area contributed by atoms with Crippen molar-refractivity contribution in [3.8, 4) is 0 Å². The van der Waals surface area contributed by atoms with Crippen molar-refractivity contribution in [2.45, 2.75) is 31.7 Å². The predicted molar refractivity (Wildman–Crippen MR) is 133 cm³/mol. The molecule has 2 aliphatic heterocycles. The number of carbonyl (C=O) groups excluding carboxylic acids is 1. The summed E-state index contributed by atoms with van der Waals surface area (Å²) in [4.78, 5) is 13.3. The molecule has 8 nitrogen and oxygen atoms in total. The number of nitrogens with one attached hydrogen (secondary N) is 1. The number of hydrogen-bond donors (Lipinski definition) is 1. The molecule has 1 fully saturated rings. The number of benzene rings is 2. The average molecular weight is 547 g/mol. The van der Waals surface area contributed by atoms with E-state index in [1.807, 2.05) is 12.1 Å². The highest BCUT2D eigenvalue weighted by Gasteiger charge is 2.42. The van der Waals surface area contributed by atoms with Crippen molar-refractivity contribution in [3.63, 3.8) is 0 Å². The van der Waals surface area contributed by atoms with E-state index in [4.69, 9.17) is 39.1 Å². The Bertz CT molecular complexity index is 1220. The third-order valence-corrected chi connectivity index (χ3v) is 7.05. The third-order valence-electron chi connectivity index (χ3n) is 5.71. The molecule has 0 saturated carbocycles. The van der Waals surface area contributed by atoms with E-state index < -0.39 is 20.8 Å². The quantitative estimate of drug-likeness (QED) is 0.522. The molecule has 1 amide bonds. The van der Waals surface area contributed by atoms with Crippen LogP contribution in [0.25, 0.3) is 0 Å². The first-order valence-electron chi connectivity index (χ1n) is 10.7. The van der Waals surface area contributed by atoms with Crippen molar-refractivity contribution < 1.29 is 22.3 Å². The number of hydrazone groups is 1. The minimum atomic E-state index is -3.81. The van der Waals surface area contributed by atoms with Crippen LogP contribution in [0.5, 0.6) is 0 Å². The van der Waals surface area contributed by atoms with E-state index in [0.29, 0.717) is 33.8 Å². The van der Waals surface area contributed by atoms with Crippen LogP contribution in [0, 0.1) is 0 Å². The van der Waals surface area contributed by atoms with Crippen LogP contribution in [0.1, 0.15) is 37.3 Å². The van der Waals surface area contributed by atoms with E-state index in [1.165, 1.54) is 0 Å². The van der Waals surface area contributed by atoms with Crippen LogP contribution in [-0.2, 0) is 19.2 Å². The van der Waals surface area contributed by atoms with Gasteiger partial charge in [-0.05, 0) is 46.6 Å². The summed E-state index contributed by atoms with van der Waals surface area (Å²) in [7, 11) is -3.81. The molecule has 1 N–H and O–H groups in total. The smallest absolute Gasteiger partial charge is 0.263 e. The van der Waals surface area contributed by atoms with Crippen LogP contribution in [0.15, 0.2) is 47.6 Å². The molecular formula is C22H24Cl3N4O4S+. The fourth-order valence-electron chi connectivity index (χ4n) is 4.22. The molecule has 0 spiro atoms. The molecule has 0 aliphatic carbocycles. The van der Waals surface area contributed by atoms with Gasteiger partial charge in [-0.1, -0.05) is 51.7 Å². The van der Waals surface area contributed by atoms with Crippen LogP contribution in [-0.4, -0.2) is 44.1 Å². The van der Waals surface area contributed by atoms with Crippen molar-refractivity contribution in [1.82, 2.24) is 5.43 Å². The third kappa shape index (κ3) is 5.84. The lowest BCUT2D eigenvalue weighted by molar-refractivity contribution is -1.11. The van der Waals surface area contributed by atoms with E-state index in [0.717, 1.165) is 31.1 Å². The Morgan fingerprint density at radius 3 is 2.32 bits per heavy atom. The van der Waals surface area contributed by atoms with Gasteiger partial charge in [0.25, 0.3) is 0 Å². The Hall–Kier alpha value is -1.88. The standard InChI is InChI=1S/C22H23Cl3N4O4S/c1-34(31,32)33-29(11-3-2-4-12-29)27-22(30)19-14-21(15-5-7-16(23)8-6-15)28(26-19)20-10-9-17(24)13-18(20)25/h5-10,13,21H,2-4,11-12,14H2,1H3/p+1/t21-/m1/s1. The first-order valence-corrected chi connectivity index (χ1v) is 13.7. The summed E-state index contributed by atoms with van der Waals surface area (Å²) in [6.45, 7) is 0.693. The maximum Gasteiger partial charge on any atom is 0.315 e. The minimum absolute atomic E-state index is 0.228. The summed E-state index contributed by atoms with van der Waals surface area (Å²) in [5.41, 5.74) is 4.47. The van der Waals surface area contributed by atoms with Crippen LogP contribution < -0.4 is 10.4 Å². The van der Waals surface area contributed by atoms with Crippen LogP contribution in [0.2, 0.25) is 15.1 Å². The Kier molecular flexibility index (Phi) is 7.42. The number of quaternary nitrogens is 1. The van der Waals surface area contributed by atoms with Gasteiger partial charge in [0.05, 0.1) is 23.0 Å². The zero-order valence-corrected chi connectivity index (χ0v) is 21.5. The molecule has 0 aromatic heterocycles. The molecule has 1 saturated heterocycles. The first-order chi connectivity index (χ1) is 16.1. The molecule has 0 bridgehead atoms. The Morgan fingerprint density at radius 2 is 1.71 bits per heavy atom. The summed E-state index contributed by atoms with van der Waals surface area (Å²) in [6, 6.07) is 12.0. The summed E-state index contributed by atoms with van der Waals surface area (Å²) < 4.78 is 28.7. The van der Waals surface area contributed by atoms with Gasteiger partial charge in [0, 0.05) is 29.3 Å².